The van der Waals surface area contributed by atoms with Crippen molar-refractivity contribution in [2.75, 3.05) is 11.5 Å². The molecule has 3 nitrogen and oxygen atoms in total. The van der Waals surface area contributed by atoms with Gasteiger partial charge in [-0.25, -0.2) is 8.42 Å². The van der Waals surface area contributed by atoms with Gasteiger partial charge in [0.05, 0.1) is 11.5 Å². The summed E-state index contributed by atoms with van der Waals surface area (Å²) in [6.07, 6.45) is 3.84. The van der Waals surface area contributed by atoms with Crippen LogP contribution in [0, 0.1) is 5.92 Å². The first-order valence-electron chi connectivity index (χ1n) is 4.28. The van der Waals surface area contributed by atoms with Gasteiger partial charge in [0, 0.05) is 6.42 Å². The highest BCUT2D eigenvalue weighted by Gasteiger charge is 2.23. The lowest BCUT2D eigenvalue weighted by Gasteiger charge is -2.20. The van der Waals surface area contributed by atoms with Crippen LogP contribution in [-0.4, -0.2) is 26.2 Å². The molecule has 1 heterocycles. The summed E-state index contributed by atoms with van der Waals surface area (Å²) in [5.74, 6) is 0.861. The molecule has 4 heteroatoms. The van der Waals surface area contributed by atoms with E-state index in [4.69, 9.17) is 0 Å². The minimum absolute atomic E-state index is 0.231. The minimum atomic E-state index is -2.78. The van der Waals surface area contributed by atoms with E-state index >= 15 is 0 Å². The SMILES string of the molecule is O=CCCC1CCCS(=O)(=O)C1. The van der Waals surface area contributed by atoms with Gasteiger partial charge in [-0.05, 0) is 25.2 Å². The first-order valence-corrected chi connectivity index (χ1v) is 6.10. The second kappa shape index (κ2) is 4.03. The zero-order chi connectivity index (χ0) is 9.03. The Morgan fingerprint density at radius 1 is 1.42 bits per heavy atom. The third-order valence-electron chi connectivity index (χ3n) is 2.25. The van der Waals surface area contributed by atoms with Gasteiger partial charge in [-0.3, -0.25) is 0 Å². The largest absolute Gasteiger partial charge is 0.303 e. The molecule has 0 amide bonds. The van der Waals surface area contributed by atoms with Gasteiger partial charge in [0.15, 0.2) is 9.84 Å². The maximum absolute atomic E-state index is 11.1. The molecule has 0 radical (unpaired) electrons. The van der Waals surface area contributed by atoms with Crippen molar-refractivity contribution in [2.24, 2.45) is 5.92 Å². The first kappa shape index (κ1) is 9.71. The van der Waals surface area contributed by atoms with Crippen LogP contribution in [0.2, 0.25) is 0 Å². The number of rotatable bonds is 3. The van der Waals surface area contributed by atoms with Crippen LogP contribution in [-0.2, 0) is 14.6 Å². The van der Waals surface area contributed by atoms with Crippen LogP contribution in [0.4, 0.5) is 0 Å². The van der Waals surface area contributed by atoms with Gasteiger partial charge in [0.25, 0.3) is 0 Å². The van der Waals surface area contributed by atoms with Crippen molar-refractivity contribution < 1.29 is 13.2 Å². The molecule has 0 aromatic rings. The number of aldehydes is 1. The Hall–Kier alpha value is -0.380. The number of sulfone groups is 1. The van der Waals surface area contributed by atoms with E-state index in [-0.39, 0.29) is 5.92 Å². The monoisotopic (exact) mass is 190 g/mol. The van der Waals surface area contributed by atoms with Crippen LogP contribution in [0.5, 0.6) is 0 Å². The van der Waals surface area contributed by atoms with E-state index in [1.165, 1.54) is 0 Å². The Morgan fingerprint density at radius 3 is 2.75 bits per heavy atom. The molecule has 0 saturated carbocycles. The van der Waals surface area contributed by atoms with Crippen LogP contribution < -0.4 is 0 Å². The lowest BCUT2D eigenvalue weighted by molar-refractivity contribution is -0.108. The molecular weight excluding hydrogens is 176 g/mol. The Balaban J connectivity index is 2.41. The molecule has 70 valence electrons. The van der Waals surface area contributed by atoms with Crippen LogP contribution >= 0.6 is 0 Å². The summed E-state index contributed by atoms with van der Waals surface area (Å²) in [6.45, 7) is 0. The van der Waals surface area contributed by atoms with Gasteiger partial charge in [0.1, 0.15) is 6.29 Å². The molecule has 0 aromatic carbocycles. The van der Waals surface area contributed by atoms with Gasteiger partial charge in [0.2, 0.25) is 0 Å². The highest BCUT2D eigenvalue weighted by molar-refractivity contribution is 7.91. The maximum atomic E-state index is 11.1. The Bertz CT molecular complexity index is 243. The van der Waals surface area contributed by atoms with Gasteiger partial charge in [-0.1, -0.05) is 0 Å². The van der Waals surface area contributed by atoms with Crippen molar-refractivity contribution in [1.29, 1.82) is 0 Å². The third kappa shape index (κ3) is 2.93. The fourth-order valence-corrected chi connectivity index (χ4v) is 3.47. The van der Waals surface area contributed by atoms with E-state index in [9.17, 15) is 13.2 Å². The predicted octanol–water partition coefficient (Wildman–Crippen LogP) is 0.790. The van der Waals surface area contributed by atoms with E-state index in [0.29, 0.717) is 17.9 Å². The van der Waals surface area contributed by atoms with Crippen molar-refractivity contribution in [2.45, 2.75) is 25.7 Å². The molecule has 1 fully saturated rings. The Kier molecular flexibility index (Phi) is 3.26. The van der Waals surface area contributed by atoms with E-state index in [0.717, 1.165) is 25.5 Å². The molecule has 1 saturated heterocycles. The van der Waals surface area contributed by atoms with Crippen molar-refractivity contribution >= 4 is 16.1 Å². The highest BCUT2D eigenvalue weighted by Crippen LogP contribution is 2.21. The zero-order valence-corrected chi connectivity index (χ0v) is 7.85. The second-order valence-electron chi connectivity index (χ2n) is 3.37. The molecule has 0 spiro atoms. The molecule has 1 rings (SSSR count). The fourth-order valence-electron chi connectivity index (χ4n) is 1.65. The molecular formula is C8H14O3S. The fraction of sp³-hybridized carbons (Fsp3) is 0.875. The average Bonchev–Trinajstić information content (AvgIpc) is 1.99. The first-order chi connectivity index (χ1) is 5.64. The summed E-state index contributed by atoms with van der Waals surface area (Å²) in [7, 11) is -2.78. The Labute approximate surface area is 73.1 Å². The second-order valence-corrected chi connectivity index (χ2v) is 5.60. The standard InChI is InChI=1S/C8H14O3S/c9-5-1-3-8-4-2-6-12(10,11)7-8/h5,8H,1-4,6-7H2. The van der Waals surface area contributed by atoms with Crippen LogP contribution in [0.25, 0.3) is 0 Å². The van der Waals surface area contributed by atoms with Crippen LogP contribution in [0.15, 0.2) is 0 Å². The summed E-state index contributed by atoms with van der Waals surface area (Å²) in [5.41, 5.74) is 0. The van der Waals surface area contributed by atoms with Gasteiger partial charge >= 0.3 is 0 Å². The molecule has 0 aliphatic carbocycles. The van der Waals surface area contributed by atoms with Crippen molar-refractivity contribution in [3.05, 3.63) is 0 Å². The van der Waals surface area contributed by atoms with E-state index < -0.39 is 9.84 Å². The number of hydrogen-bond acceptors (Lipinski definition) is 3. The molecule has 0 N–H and O–H groups in total. The summed E-state index contributed by atoms with van der Waals surface area (Å²) in [5, 5.41) is 0. The normalized spacial score (nSPS) is 28.2. The average molecular weight is 190 g/mol. The van der Waals surface area contributed by atoms with E-state index in [1.807, 2.05) is 0 Å². The molecule has 12 heavy (non-hydrogen) atoms. The van der Waals surface area contributed by atoms with Crippen molar-refractivity contribution in [1.82, 2.24) is 0 Å². The molecule has 1 unspecified atom stereocenters. The highest BCUT2D eigenvalue weighted by atomic mass is 32.2. The van der Waals surface area contributed by atoms with E-state index in [2.05, 4.69) is 0 Å². The summed E-state index contributed by atoms with van der Waals surface area (Å²) >= 11 is 0. The van der Waals surface area contributed by atoms with Gasteiger partial charge in [-0.15, -0.1) is 0 Å². The number of hydrogen-bond donors (Lipinski definition) is 0. The number of carbonyl (C=O) groups is 1. The molecule has 1 aliphatic heterocycles. The maximum Gasteiger partial charge on any atom is 0.150 e. The quantitative estimate of drug-likeness (QED) is 0.618. The third-order valence-corrected chi connectivity index (χ3v) is 4.14. The van der Waals surface area contributed by atoms with Crippen molar-refractivity contribution in [3.63, 3.8) is 0 Å². The summed E-state index contributed by atoms with van der Waals surface area (Å²) < 4.78 is 22.3. The molecule has 0 aromatic heterocycles. The lowest BCUT2D eigenvalue weighted by Crippen LogP contribution is -2.25. The molecule has 1 aliphatic rings. The number of carbonyl (C=O) groups excluding carboxylic acids is 1. The smallest absolute Gasteiger partial charge is 0.150 e. The zero-order valence-electron chi connectivity index (χ0n) is 7.03. The van der Waals surface area contributed by atoms with Crippen molar-refractivity contribution in [3.8, 4) is 0 Å². The summed E-state index contributed by atoms with van der Waals surface area (Å²) in [4.78, 5) is 10.1. The lowest BCUT2D eigenvalue weighted by atomic mass is 10.0. The van der Waals surface area contributed by atoms with Crippen LogP contribution in [0.3, 0.4) is 0 Å². The van der Waals surface area contributed by atoms with E-state index in [1.54, 1.807) is 0 Å². The minimum Gasteiger partial charge on any atom is -0.303 e. The Morgan fingerprint density at radius 2 is 2.17 bits per heavy atom. The predicted molar refractivity (Wildman–Crippen MR) is 46.7 cm³/mol. The topological polar surface area (TPSA) is 51.2 Å². The van der Waals surface area contributed by atoms with Crippen LogP contribution in [0.1, 0.15) is 25.7 Å². The molecule has 0 bridgehead atoms. The van der Waals surface area contributed by atoms with Gasteiger partial charge < -0.3 is 4.79 Å². The summed E-state index contributed by atoms with van der Waals surface area (Å²) in [6, 6.07) is 0. The van der Waals surface area contributed by atoms with Gasteiger partial charge in [-0.2, -0.15) is 0 Å². The molecule has 1 atom stereocenters.